The summed E-state index contributed by atoms with van der Waals surface area (Å²) >= 11 is 1.59. The van der Waals surface area contributed by atoms with Gasteiger partial charge >= 0.3 is 5.97 Å². The number of carbonyl (C=O) groups is 1. The molecule has 2 rings (SSSR count). The third kappa shape index (κ3) is 3.87. The summed E-state index contributed by atoms with van der Waals surface area (Å²) in [5.41, 5.74) is 3.65. The van der Waals surface area contributed by atoms with E-state index in [2.05, 4.69) is 48.1 Å². The topological polar surface area (TPSA) is 26.3 Å². The van der Waals surface area contributed by atoms with Crippen LogP contribution in [0, 0.1) is 0 Å². The first-order chi connectivity index (χ1) is 9.70. The molecule has 0 aliphatic rings. The quantitative estimate of drug-likeness (QED) is 0.766. The molecule has 1 atom stereocenters. The van der Waals surface area contributed by atoms with E-state index in [0.717, 1.165) is 0 Å². The molecular formula is C17H18O2S. The van der Waals surface area contributed by atoms with E-state index in [0.29, 0.717) is 5.75 Å². The predicted molar refractivity (Wildman–Crippen MR) is 84.8 cm³/mol. The van der Waals surface area contributed by atoms with Crippen molar-refractivity contribution in [3.05, 3.63) is 60.2 Å². The summed E-state index contributed by atoms with van der Waals surface area (Å²) in [6.45, 7) is 2.10. The van der Waals surface area contributed by atoms with E-state index in [-0.39, 0.29) is 11.2 Å². The summed E-state index contributed by atoms with van der Waals surface area (Å²) in [6.07, 6.45) is 0. The van der Waals surface area contributed by atoms with Crippen molar-refractivity contribution in [1.29, 1.82) is 0 Å². The van der Waals surface area contributed by atoms with E-state index in [1.54, 1.807) is 11.8 Å². The monoisotopic (exact) mass is 286 g/mol. The van der Waals surface area contributed by atoms with Crippen LogP contribution in [0.4, 0.5) is 0 Å². The third-order valence-corrected chi connectivity index (χ3v) is 4.34. The lowest BCUT2D eigenvalue weighted by atomic mass is 10.0. The Balaban J connectivity index is 2.03. The fourth-order valence-electron chi connectivity index (χ4n) is 1.93. The van der Waals surface area contributed by atoms with Gasteiger partial charge in [-0.05, 0) is 23.6 Å². The van der Waals surface area contributed by atoms with Crippen LogP contribution in [0.5, 0.6) is 0 Å². The summed E-state index contributed by atoms with van der Waals surface area (Å²) in [7, 11) is 1.42. The van der Waals surface area contributed by atoms with Crippen molar-refractivity contribution in [2.24, 2.45) is 0 Å². The van der Waals surface area contributed by atoms with Gasteiger partial charge in [-0.3, -0.25) is 4.79 Å². The molecule has 104 valence electrons. The van der Waals surface area contributed by atoms with Crippen molar-refractivity contribution in [2.75, 3.05) is 12.9 Å². The fourth-order valence-corrected chi connectivity index (χ4v) is 2.78. The van der Waals surface area contributed by atoms with Crippen molar-refractivity contribution in [1.82, 2.24) is 0 Å². The Morgan fingerprint density at radius 3 is 2.25 bits per heavy atom. The number of rotatable bonds is 5. The summed E-state index contributed by atoms with van der Waals surface area (Å²) in [4.78, 5) is 11.1. The molecule has 0 heterocycles. The van der Waals surface area contributed by atoms with Crippen molar-refractivity contribution in [2.45, 2.75) is 12.2 Å². The van der Waals surface area contributed by atoms with Crippen LogP contribution in [-0.2, 0) is 9.53 Å². The highest BCUT2D eigenvalue weighted by Gasteiger charge is 2.09. The van der Waals surface area contributed by atoms with E-state index in [1.165, 1.54) is 23.8 Å². The second-order valence-corrected chi connectivity index (χ2v) is 5.85. The molecule has 0 fully saturated rings. The van der Waals surface area contributed by atoms with Crippen molar-refractivity contribution in [3.8, 4) is 11.1 Å². The maximum Gasteiger partial charge on any atom is 0.315 e. The molecule has 0 radical (unpaired) electrons. The van der Waals surface area contributed by atoms with Crippen LogP contribution in [0.1, 0.15) is 17.7 Å². The molecule has 2 aromatic rings. The van der Waals surface area contributed by atoms with Crippen LogP contribution in [0.3, 0.4) is 0 Å². The summed E-state index contributed by atoms with van der Waals surface area (Å²) in [6, 6.07) is 18.8. The average Bonchev–Trinajstić information content (AvgIpc) is 2.53. The highest BCUT2D eigenvalue weighted by molar-refractivity contribution is 8.00. The first-order valence-electron chi connectivity index (χ1n) is 6.54. The van der Waals surface area contributed by atoms with Crippen molar-refractivity contribution < 1.29 is 9.53 Å². The van der Waals surface area contributed by atoms with Gasteiger partial charge in [0.1, 0.15) is 0 Å². The van der Waals surface area contributed by atoms with E-state index in [4.69, 9.17) is 0 Å². The lowest BCUT2D eigenvalue weighted by Crippen LogP contribution is -2.04. The van der Waals surface area contributed by atoms with Crippen LogP contribution in [0.2, 0.25) is 0 Å². The fraction of sp³-hybridized carbons (Fsp3) is 0.235. The van der Waals surface area contributed by atoms with Crippen LogP contribution >= 0.6 is 11.8 Å². The summed E-state index contributed by atoms with van der Waals surface area (Å²) in [5, 5.41) is 0.277. The molecular weight excluding hydrogens is 268 g/mol. The number of thioether (sulfide) groups is 1. The zero-order valence-corrected chi connectivity index (χ0v) is 12.5. The predicted octanol–water partition coefficient (Wildman–Crippen LogP) is 4.32. The van der Waals surface area contributed by atoms with Gasteiger partial charge in [0.2, 0.25) is 0 Å². The molecule has 0 bridgehead atoms. The molecule has 0 saturated carbocycles. The van der Waals surface area contributed by atoms with Gasteiger partial charge in [0, 0.05) is 5.25 Å². The maximum absolute atomic E-state index is 11.1. The van der Waals surface area contributed by atoms with Crippen LogP contribution < -0.4 is 0 Å². The molecule has 0 aromatic heterocycles. The lowest BCUT2D eigenvalue weighted by molar-refractivity contribution is -0.137. The first kappa shape index (κ1) is 14.7. The molecule has 1 unspecified atom stereocenters. The average molecular weight is 286 g/mol. The molecule has 0 aliphatic carbocycles. The Labute approximate surface area is 124 Å². The van der Waals surface area contributed by atoms with Gasteiger partial charge in [-0.25, -0.2) is 0 Å². The highest BCUT2D eigenvalue weighted by Crippen LogP contribution is 2.29. The molecule has 0 N–H and O–H groups in total. The van der Waals surface area contributed by atoms with Gasteiger partial charge in [0.05, 0.1) is 12.9 Å². The molecule has 0 spiro atoms. The molecule has 0 saturated heterocycles. The number of hydrogen-bond acceptors (Lipinski definition) is 3. The molecule has 2 aromatic carbocycles. The lowest BCUT2D eigenvalue weighted by Gasteiger charge is -2.11. The molecule has 0 aliphatic heterocycles. The Morgan fingerprint density at radius 2 is 1.65 bits per heavy atom. The summed E-state index contributed by atoms with van der Waals surface area (Å²) < 4.78 is 4.65. The second-order valence-electron chi connectivity index (χ2n) is 4.52. The number of benzene rings is 2. The highest BCUT2D eigenvalue weighted by atomic mass is 32.2. The second kappa shape index (κ2) is 7.15. The largest absolute Gasteiger partial charge is 0.468 e. The van der Waals surface area contributed by atoms with Crippen LogP contribution in [0.15, 0.2) is 54.6 Å². The minimum atomic E-state index is -0.178. The number of hydrogen-bond donors (Lipinski definition) is 0. The first-order valence-corrected chi connectivity index (χ1v) is 7.59. The smallest absolute Gasteiger partial charge is 0.315 e. The van der Waals surface area contributed by atoms with Gasteiger partial charge in [-0.15, -0.1) is 11.8 Å². The number of carbonyl (C=O) groups excluding carboxylic acids is 1. The molecule has 0 amide bonds. The SMILES string of the molecule is COC(=O)CSC(C)c1ccc(-c2ccccc2)cc1. The summed E-state index contributed by atoms with van der Waals surface area (Å²) in [5.74, 6) is 0.209. The maximum atomic E-state index is 11.1. The van der Waals surface area contributed by atoms with Crippen molar-refractivity contribution in [3.63, 3.8) is 0 Å². The van der Waals surface area contributed by atoms with Crippen LogP contribution in [0.25, 0.3) is 11.1 Å². The normalized spacial score (nSPS) is 11.9. The van der Waals surface area contributed by atoms with E-state index in [1.807, 2.05) is 18.2 Å². The zero-order valence-electron chi connectivity index (χ0n) is 11.7. The minimum Gasteiger partial charge on any atom is -0.468 e. The Bertz CT molecular complexity index is 549. The van der Waals surface area contributed by atoms with Gasteiger partial charge in [-0.2, -0.15) is 0 Å². The number of esters is 1. The number of methoxy groups -OCH3 is 1. The zero-order chi connectivity index (χ0) is 14.4. The van der Waals surface area contributed by atoms with Gasteiger partial charge in [0.25, 0.3) is 0 Å². The standard InChI is InChI=1S/C17H18O2S/c1-13(20-12-17(18)19-2)14-8-10-16(11-9-14)15-6-4-3-5-7-15/h3-11,13H,12H2,1-2H3. The van der Waals surface area contributed by atoms with Gasteiger partial charge < -0.3 is 4.74 Å². The molecule has 20 heavy (non-hydrogen) atoms. The Morgan fingerprint density at radius 1 is 1.05 bits per heavy atom. The third-order valence-electron chi connectivity index (χ3n) is 3.17. The van der Waals surface area contributed by atoms with Crippen LogP contribution in [-0.4, -0.2) is 18.8 Å². The van der Waals surface area contributed by atoms with Gasteiger partial charge in [0.15, 0.2) is 0 Å². The van der Waals surface area contributed by atoms with E-state index >= 15 is 0 Å². The molecule has 2 nitrogen and oxygen atoms in total. The van der Waals surface area contributed by atoms with E-state index < -0.39 is 0 Å². The number of ether oxygens (including phenoxy) is 1. The van der Waals surface area contributed by atoms with E-state index in [9.17, 15) is 4.79 Å². The van der Waals surface area contributed by atoms with Crippen molar-refractivity contribution >= 4 is 17.7 Å². The Hall–Kier alpha value is -1.74. The Kier molecular flexibility index (Phi) is 5.24. The van der Waals surface area contributed by atoms with Gasteiger partial charge in [-0.1, -0.05) is 54.6 Å². The molecule has 3 heteroatoms. The minimum absolute atomic E-state index is 0.178.